The summed E-state index contributed by atoms with van der Waals surface area (Å²) < 4.78 is 5.06. The Morgan fingerprint density at radius 3 is 1.93 bits per heavy atom. The number of carbonyl (C=O) groups excluding carboxylic acids is 2. The number of guanidine groups is 1. The Balaban J connectivity index is 3.89. The molecule has 0 rings (SSSR count). The molecule has 0 aromatic rings. The van der Waals surface area contributed by atoms with Crippen molar-refractivity contribution in [3.63, 3.8) is 0 Å². The van der Waals surface area contributed by atoms with Gasteiger partial charge in [-0.05, 0) is 26.2 Å². The second kappa shape index (κ2) is 19.5. The average Bonchev–Trinajstić information content (AvgIpc) is 2.68. The number of amides is 1. The van der Waals surface area contributed by atoms with Crippen LogP contribution in [0.3, 0.4) is 0 Å². The molecule has 0 aromatic heterocycles. The van der Waals surface area contributed by atoms with Crippen LogP contribution in [-0.4, -0.2) is 37.0 Å². The Kier molecular flexibility index (Phi) is 18.3. The summed E-state index contributed by atoms with van der Waals surface area (Å²) in [6, 6.07) is -0.635. The van der Waals surface area contributed by atoms with Gasteiger partial charge in [-0.3, -0.25) is 9.79 Å². The molecule has 0 saturated carbocycles. The van der Waals surface area contributed by atoms with Crippen molar-refractivity contribution in [3.05, 3.63) is 0 Å². The third-order valence-corrected chi connectivity index (χ3v) is 4.86. The summed E-state index contributed by atoms with van der Waals surface area (Å²) in [7, 11) is 0. The molecule has 0 aromatic carbocycles. The van der Waals surface area contributed by atoms with E-state index in [0.29, 0.717) is 25.8 Å². The van der Waals surface area contributed by atoms with E-state index >= 15 is 0 Å². The average molecular weight is 413 g/mol. The van der Waals surface area contributed by atoms with Crippen molar-refractivity contribution < 1.29 is 14.3 Å². The number of esters is 1. The molecule has 0 aliphatic carbocycles. The number of nitrogens with two attached hydrogens (primary N) is 2. The van der Waals surface area contributed by atoms with Gasteiger partial charge in [0.05, 0.1) is 6.61 Å². The lowest BCUT2D eigenvalue weighted by Crippen LogP contribution is -2.42. The highest BCUT2D eigenvalue weighted by atomic mass is 16.5. The molecule has 170 valence electrons. The van der Waals surface area contributed by atoms with Crippen LogP contribution < -0.4 is 16.8 Å². The van der Waals surface area contributed by atoms with E-state index < -0.39 is 12.0 Å². The van der Waals surface area contributed by atoms with Crippen molar-refractivity contribution in [3.8, 4) is 0 Å². The smallest absolute Gasteiger partial charge is 0.328 e. The Morgan fingerprint density at radius 2 is 1.41 bits per heavy atom. The number of carbonyl (C=O) groups is 2. The predicted octanol–water partition coefficient (Wildman–Crippen LogP) is 3.79. The minimum absolute atomic E-state index is 0.0261. The fourth-order valence-corrected chi connectivity index (χ4v) is 3.21. The highest BCUT2D eigenvalue weighted by Crippen LogP contribution is 2.12. The first-order chi connectivity index (χ1) is 14.0. The molecule has 0 aliphatic heterocycles. The maximum atomic E-state index is 12.2. The van der Waals surface area contributed by atoms with Crippen molar-refractivity contribution in [2.24, 2.45) is 16.5 Å². The summed E-state index contributed by atoms with van der Waals surface area (Å²) in [5.41, 5.74) is 10.6. The van der Waals surface area contributed by atoms with Crippen LogP contribution in [0.15, 0.2) is 4.99 Å². The van der Waals surface area contributed by atoms with Gasteiger partial charge >= 0.3 is 5.97 Å². The third kappa shape index (κ3) is 18.0. The minimum Gasteiger partial charge on any atom is -0.464 e. The highest BCUT2D eigenvalue weighted by molar-refractivity contribution is 5.84. The van der Waals surface area contributed by atoms with Crippen LogP contribution in [0.25, 0.3) is 0 Å². The first kappa shape index (κ1) is 27.2. The number of hydrogen-bond donors (Lipinski definition) is 3. The first-order valence-corrected chi connectivity index (χ1v) is 11.5. The molecule has 0 heterocycles. The van der Waals surface area contributed by atoms with Crippen LogP contribution in [0.5, 0.6) is 0 Å². The summed E-state index contributed by atoms with van der Waals surface area (Å²) in [5, 5.41) is 2.80. The predicted molar refractivity (Wildman–Crippen MR) is 120 cm³/mol. The van der Waals surface area contributed by atoms with Gasteiger partial charge in [0.2, 0.25) is 5.91 Å². The maximum absolute atomic E-state index is 12.2. The molecular weight excluding hydrogens is 368 g/mol. The Hall–Kier alpha value is -1.79. The molecule has 1 amide bonds. The zero-order valence-corrected chi connectivity index (χ0v) is 18.7. The van der Waals surface area contributed by atoms with Crippen LogP contribution in [0.2, 0.25) is 0 Å². The van der Waals surface area contributed by atoms with E-state index in [1.165, 1.54) is 57.8 Å². The normalized spacial score (nSPS) is 11.7. The van der Waals surface area contributed by atoms with Crippen LogP contribution in [0.4, 0.5) is 0 Å². The molecule has 1 atom stereocenters. The zero-order chi connectivity index (χ0) is 21.7. The number of aliphatic imine (C=N–C) groups is 1. The largest absolute Gasteiger partial charge is 0.464 e. The van der Waals surface area contributed by atoms with Crippen molar-refractivity contribution in [1.29, 1.82) is 0 Å². The Morgan fingerprint density at radius 1 is 0.862 bits per heavy atom. The number of rotatable bonds is 19. The lowest BCUT2D eigenvalue weighted by Gasteiger charge is -2.17. The molecule has 0 bridgehead atoms. The van der Waals surface area contributed by atoms with Crippen LogP contribution in [0, 0.1) is 0 Å². The highest BCUT2D eigenvalue weighted by Gasteiger charge is 2.21. The van der Waals surface area contributed by atoms with Gasteiger partial charge in [-0.25, -0.2) is 4.79 Å². The molecule has 0 unspecified atom stereocenters. The molecule has 7 nitrogen and oxygen atoms in total. The standard InChI is InChI=1S/C22H44N4O3/c1-3-5-6-7-8-9-10-11-12-13-14-17-20(27)26-19(21(28)29-4-2)16-15-18-25-22(23)24/h19H,3-18H2,1-2H3,(H,26,27)(H4,23,24,25)/t19-/m0/s1. The number of unbranched alkanes of at least 4 members (excludes halogenated alkanes) is 10. The number of hydrogen-bond acceptors (Lipinski definition) is 4. The maximum Gasteiger partial charge on any atom is 0.328 e. The van der Waals surface area contributed by atoms with Crippen molar-refractivity contribution in [2.75, 3.05) is 13.2 Å². The van der Waals surface area contributed by atoms with Gasteiger partial charge in [-0.2, -0.15) is 0 Å². The van der Waals surface area contributed by atoms with E-state index in [-0.39, 0.29) is 18.5 Å². The van der Waals surface area contributed by atoms with Gasteiger partial charge in [0, 0.05) is 13.0 Å². The SMILES string of the molecule is CCCCCCCCCCCCCC(=O)N[C@@H](CCCN=C(N)N)C(=O)OCC. The van der Waals surface area contributed by atoms with Gasteiger partial charge < -0.3 is 21.5 Å². The lowest BCUT2D eigenvalue weighted by atomic mass is 10.0. The van der Waals surface area contributed by atoms with Gasteiger partial charge in [0.1, 0.15) is 6.04 Å². The second-order valence-electron chi connectivity index (χ2n) is 7.61. The monoisotopic (exact) mass is 412 g/mol. The van der Waals surface area contributed by atoms with Crippen LogP contribution in [-0.2, 0) is 14.3 Å². The summed E-state index contributed by atoms with van der Waals surface area (Å²) in [6.07, 6.45) is 15.2. The first-order valence-electron chi connectivity index (χ1n) is 11.5. The van der Waals surface area contributed by atoms with Crippen molar-refractivity contribution >= 4 is 17.8 Å². The van der Waals surface area contributed by atoms with Gasteiger partial charge in [0.25, 0.3) is 0 Å². The second-order valence-corrected chi connectivity index (χ2v) is 7.61. The van der Waals surface area contributed by atoms with Gasteiger partial charge in [-0.15, -0.1) is 0 Å². The lowest BCUT2D eigenvalue weighted by molar-refractivity contribution is -0.147. The van der Waals surface area contributed by atoms with E-state index in [2.05, 4.69) is 17.2 Å². The van der Waals surface area contributed by atoms with Gasteiger partial charge in [-0.1, -0.05) is 71.1 Å². The van der Waals surface area contributed by atoms with E-state index in [4.69, 9.17) is 16.2 Å². The molecule has 0 spiro atoms. The summed E-state index contributed by atoms with van der Waals surface area (Å²) in [5.74, 6) is -0.469. The number of nitrogens with zero attached hydrogens (tertiary/aromatic N) is 1. The zero-order valence-electron chi connectivity index (χ0n) is 18.7. The molecule has 7 heteroatoms. The van der Waals surface area contributed by atoms with E-state index in [1.54, 1.807) is 6.92 Å². The molecule has 5 N–H and O–H groups in total. The van der Waals surface area contributed by atoms with E-state index in [1.807, 2.05) is 0 Å². The molecule has 0 aliphatic rings. The number of ether oxygens (including phenoxy) is 1. The molecular formula is C22H44N4O3. The molecule has 0 saturated heterocycles. The quantitative estimate of drug-likeness (QED) is 0.129. The summed E-state index contributed by atoms with van der Waals surface area (Å²) in [4.78, 5) is 28.1. The molecule has 0 fully saturated rings. The van der Waals surface area contributed by atoms with Crippen LogP contribution >= 0.6 is 0 Å². The third-order valence-electron chi connectivity index (χ3n) is 4.86. The minimum atomic E-state index is -0.635. The fourth-order valence-electron chi connectivity index (χ4n) is 3.21. The Bertz CT molecular complexity index is 451. The van der Waals surface area contributed by atoms with Crippen LogP contribution in [0.1, 0.15) is 104 Å². The Labute approximate surface area is 177 Å². The van der Waals surface area contributed by atoms with Crippen molar-refractivity contribution in [2.45, 2.75) is 110 Å². The number of nitrogens with one attached hydrogen (secondary N) is 1. The summed E-state index contributed by atoms with van der Waals surface area (Å²) in [6.45, 7) is 4.71. The fraction of sp³-hybridized carbons (Fsp3) is 0.864. The molecule has 0 radical (unpaired) electrons. The topological polar surface area (TPSA) is 120 Å². The van der Waals surface area contributed by atoms with Gasteiger partial charge in [0.15, 0.2) is 5.96 Å². The van der Waals surface area contributed by atoms with E-state index in [9.17, 15) is 9.59 Å². The van der Waals surface area contributed by atoms with E-state index in [0.717, 1.165) is 12.8 Å². The van der Waals surface area contributed by atoms with Crippen molar-refractivity contribution in [1.82, 2.24) is 5.32 Å². The molecule has 29 heavy (non-hydrogen) atoms. The summed E-state index contributed by atoms with van der Waals surface area (Å²) >= 11 is 0.